The number of thiophene rings is 1. The minimum Gasteiger partial charge on any atom is -0.353 e. The van der Waals surface area contributed by atoms with Crippen LogP contribution in [0.3, 0.4) is 0 Å². The highest BCUT2D eigenvalue weighted by Gasteiger charge is 2.16. The lowest BCUT2D eigenvalue weighted by Crippen LogP contribution is -2.42. The molecule has 1 saturated heterocycles. The summed E-state index contributed by atoms with van der Waals surface area (Å²) in [6.07, 6.45) is 2.55. The number of hydrogen-bond donors (Lipinski definition) is 2. The molecule has 0 unspecified atom stereocenters. The van der Waals surface area contributed by atoms with Gasteiger partial charge >= 0.3 is 0 Å². The maximum atomic E-state index is 11.7. The van der Waals surface area contributed by atoms with Gasteiger partial charge in [0.1, 0.15) is 0 Å². The smallest absolute Gasteiger partial charge is 0.220 e. The maximum Gasteiger partial charge on any atom is 0.220 e. The average Bonchev–Trinajstić information content (AvgIpc) is 2.91. The second kappa shape index (κ2) is 6.66. The Morgan fingerprint density at radius 1 is 1.33 bits per heavy atom. The molecule has 5 heteroatoms. The highest BCUT2D eigenvalue weighted by molar-refractivity contribution is 7.12. The Kier molecular flexibility index (Phi) is 4.90. The van der Waals surface area contributed by atoms with Crippen LogP contribution in [-0.4, -0.2) is 30.8 Å². The van der Waals surface area contributed by atoms with Crippen LogP contribution >= 0.6 is 11.3 Å². The number of rotatable bonds is 5. The van der Waals surface area contributed by atoms with E-state index in [1.807, 2.05) is 11.4 Å². The van der Waals surface area contributed by atoms with Crippen molar-refractivity contribution in [3.8, 4) is 0 Å². The van der Waals surface area contributed by atoms with E-state index < -0.39 is 0 Å². The molecule has 0 aromatic carbocycles. The van der Waals surface area contributed by atoms with Crippen LogP contribution < -0.4 is 10.6 Å². The van der Waals surface area contributed by atoms with Gasteiger partial charge in [0.25, 0.3) is 0 Å². The van der Waals surface area contributed by atoms with Gasteiger partial charge in [-0.3, -0.25) is 9.59 Å². The molecule has 98 valence electrons. The van der Waals surface area contributed by atoms with E-state index in [0.29, 0.717) is 12.8 Å². The average molecular weight is 266 g/mol. The van der Waals surface area contributed by atoms with Crippen molar-refractivity contribution in [3.63, 3.8) is 0 Å². The first kappa shape index (κ1) is 13.2. The second-order valence-corrected chi connectivity index (χ2v) is 5.44. The van der Waals surface area contributed by atoms with E-state index >= 15 is 0 Å². The van der Waals surface area contributed by atoms with Gasteiger partial charge in [-0.15, -0.1) is 11.3 Å². The largest absolute Gasteiger partial charge is 0.353 e. The molecule has 0 spiro atoms. The van der Waals surface area contributed by atoms with Gasteiger partial charge in [0.2, 0.25) is 5.91 Å². The Hall–Kier alpha value is -1.20. The number of carbonyl (C=O) groups is 2. The lowest BCUT2D eigenvalue weighted by Gasteiger charge is -2.23. The molecule has 0 bridgehead atoms. The number of piperidine rings is 1. The molecule has 2 N–H and O–H groups in total. The van der Waals surface area contributed by atoms with Crippen LogP contribution in [0, 0.1) is 0 Å². The zero-order valence-corrected chi connectivity index (χ0v) is 11.1. The lowest BCUT2D eigenvalue weighted by atomic mass is 10.1. The number of ketones is 1. The molecule has 0 radical (unpaired) electrons. The molecule has 1 amide bonds. The Morgan fingerprint density at radius 2 is 2.11 bits per heavy atom. The fourth-order valence-electron chi connectivity index (χ4n) is 2.05. The van der Waals surface area contributed by atoms with Crippen LogP contribution in [0.5, 0.6) is 0 Å². The molecule has 1 fully saturated rings. The van der Waals surface area contributed by atoms with Gasteiger partial charge in [-0.25, -0.2) is 0 Å². The lowest BCUT2D eigenvalue weighted by molar-refractivity contribution is -0.121. The van der Waals surface area contributed by atoms with E-state index in [-0.39, 0.29) is 17.7 Å². The predicted molar refractivity (Wildman–Crippen MR) is 71.9 cm³/mol. The van der Waals surface area contributed by atoms with Gasteiger partial charge < -0.3 is 10.6 Å². The van der Waals surface area contributed by atoms with E-state index in [2.05, 4.69) is 10.6 Å². The van der Waals surface area contributed by atoms with Crippen LogP contribution in [0.25, 0.3) is 0 Å². The van der Waals surface area contributed by atoms with Crippen molar-refractivity contribution in [2.75, 3.05) is 13.1 Å². The molecule has 0 saturated carbocycles. The van der Waals surface area contributed by atoms with E-state index in [4.69, 9.17) is 0 Å². The summed E-state index contributed by atoms with van der Waals surface area (Å²) in [5, 5.41) is 8.12. The molecule has 2 heterocycles. The number of nitrogens with one attached hydrogen (secondary N) is 2. The summed E-state index contributed by atoms with van der Waals surface area (Å²) in [5.41, 5.74) is 0. The molecule has 1 aliphatic heterocycles. The topological polar surface area (TPSA) is 58.2 Å². The van der Waals surface area contributed by atoms with E-state index in [1.54, 1.807) is 6.07 Å². The zero-order chi connectivity index (χ0) is 12.8. The van der Waals surface area contributed by atoms with Crippen LogP contribution in [-0.2, 0) is 4.79 Å². The summed E-state index contributed by atoms with van der Waals surface area (Å²) in [6, 6.07) is 3.93. The van der Waals surface area contributed by atoms with Crippen molar-refractivity contribution in [2.24, 2.45) is 0 Å². The highest BCUT2D eigenvalue weighted by Crippen LogP contribution is 2.12. The maximum absolute atomic E-state index is 11.7. The summed E-state index contributed by atoms with van der Waals surface area (Å²) in [6.45, 7) is 1.91. The molecule has 0 aliphatic carbocycles. The van der Waals surface area contributed by atoms with Crippen LogP contribution in [0.15, 0.2) is 17.5 Å². The van der Waals surface area contributed by atoms with Gasteiger partial charge in [-0.05, 0) is 37.4 Å². The standard InChI is InChI=1S/C13H18N2O2S/c16-11(12-2-1-9-18-12)3-4-13(17)15-10-5-7-14-8-6-10/h1-2,9-10,14H,3-8H2,(H,15,17). The number of Topliss-reactive ketones (excluding diaryl/α,β-unsaturated/α-hetero) is 1. The Morgan fingerprint density at radius 3 is 2.78 bits per heavy atom. The normalized spacial score (nSPS) is 16.4. The van der Waals surface area contributed by atoms with Crippen LogP contribution in [0.4, 0.5) is 0 Å². The molecule has 18 heavy (non-hydrogen) atoms. The van der Waals surface area contributed by atoms with Gasteiger partial charge in [-0.2, -0.15) is 0 Å². The molecule has 2 rings (SSSR count). The molecular formula is C13H18N2O2S. The van der Waals surface area contributed by atoms with E-state index in [9.17, 15) is 9.59 Å². The van der Waals surface area contributed by atoms with Crippen molar-refractivity contribution < 1.29 is 9.59 Å². The minimum atomic E-state index is -0.00759. The summed E-state index contributed by atoms with van der Waals surface area (Å²) in [5.74, 6) is 0.0530. The quantitative estimate of drug-likeness (QED) is 0.796. The predicted octanol–water partition coefficient (Wildman–Crippen LogP) is 1.58. The summed E-state index contributed by atoms with van der Waals surface area (Å²) >= 11 is 1.43. The third-order valence-electron chi connectivity index (χ3n) is 3.08. The molecule has 1 aromatic heterocycles. The SMILES string of the molecule is O=C(CCC(=O)c1cccs1)NC1CCNCC1. The number of carbonyl (C=O) groups excluding carboxylic acids is 2. The van der Waals surface area contributed by atoms with Crippen LogP contribution in [0.1, 0.15) is 35.4 Å². The van der Waals surface area contributed by atoms with Gasteiger partial charge in [0, 0.05) is 18.9 Å². The third kappa shape index (κ3) is 3.92. The fraction of sp³-hybridized carbons (Fsp3) is 0.538. The van der Waals surface area contributed by atoms with Crippen molar-refractivity contribution in [2.45, 2.75) is 31.7 Å². The summed E-state index contributed by atoms with van der Waals surface area (Å²) < 4.78 is 0. The minimum absolute atomic E-state index is 0.00759. The van der Waals surface area contributed by atoms with Crippen molar-refractivity contribution >= 4 is 23.0 Å². The molecule has 0 atom stereocenters. The first-order chi connectivity index (χ1) is 8.75. The Bertz CT molecular complexity index is 397. The third-order valence-corrected chi connectivity index (χ3v) is 3.99. The van der Waals surface area contributed by atoms with Crippen molar-refractivity contribution in [1.82, 2.24) is 10.6 Å². The van der Waals surface area contributed by atoms with E-state index in [1.165, 1.54) is 11.3 Å². The van der Waals surface area contributed by atoms with Gasteiger partial charge in [-0.1, -0.05) is 6.07 Å². The summed E-state index contributed by atoms with van der Waals surface area (Å²) in [7, 11) is 0. The fourth-order valence-corrected chi connectivity index (χ4v) is 2.75. The zero-order valence-electron chi connectivity index (χ0n) is 10.3. The van der Waals surface area contributed by atoms with Crippen molar-refractivity contribution in [3.05, 3.63) is 22.4 Å². The highest BCUT2D eigenvalue weighted by atomic mass is 32.1. The molecular weight excluding hydrogens is 248 g/mol. The van der Waals surface area contributed by atoms with Crippen LogP contribution in [0.2, 0.25) is 0 Å². The van der Waals surface area contributed by atoms with E-state index in [0.717, 1.165) is 30.8 Å². The Balaban J connectivity index is 1.69. The first-order valence-corrected chi connectivity index (χ1v) is 7.20. The molecule has 1 aliphatic rings. The number of hydrogen-bond acceptors (Lipinski definition) is 4. The first-order valence-electron chi connectivity index (χ1n) is 6.32. The van der Waals surface area contributed by atoms with Gasteiger partial charge in [0.05, 0.1) is 4.88 Å². The summed E-state index contributed by atoms with van der Waals surface area (Å²) in [4.78, 5) is 24.2. The number of amides is 1. The molecule has 1 aromatic rings. The van der Waals surface area contributed by atoms with Gasteiger partial charge in [0.15, 0.2) is 5.78 Å². The Labute approximate surface area is 111 Å². The van der Waals surface area contributed by atoms with Crippen molar-refractivity contribution in [1.29, 1.82) is 0 Å². The molecule has 4 nitrogen and oxygen atoms in total. The monoisotopic (exact) mass is 266 g/mol. The second-order valence-electron chi connectivity index (χ2n) is 4.49.